The van der Waals surface area contributed by atoms with Gasteiger partial charge in [0, 0.05) is 0 Å². The summed E-state index contributed by atoms with van der Waals surface area (Å²) in [6.07, 6.45) is 0. The predicted molar refractivity (Wildman–Crippen MR) is 142 cm³/mol. The fourth-order valence-electron chi connectivity index (χ4n) is 3.87. The van der Waals surface area contributed by atoms with Crippen molar-refractivity contribution in [2.45, 2.75) is 13.0 Å². The molecule has 1 aromatic heterocycles. The van der Waals surface area contributed by atoms with E-state index < -0.39 is 32.7 Å². The number of carbonyl (C=O) groups excluding carboxylic acids is 1. The quantitative estimate of drug-likeness (QED) is 0.196. The Morgan fingerprint density at radius 1 is 1.03 bits per heavy atom. The first-order valence-corrected chi connectivity index (χ1v) is 13.4. The molecule has 0 aliphatic carbocycles. The first-order chi connectivity index (χ1) is 17.3. The van der Waals surface area contributed by atoms with E-state index in [2.05, 4.69) is 20.8 Å². The molecule has 36 heavy (non-hydrogen) atoms. The molecule has 0 radical (unpaired) electrons. The topological polar surface area (TPSA) is 104 Å². The molecule has 0 saturated carbocycles. The van der Waals surface area contributed by atoms with Crippen LogP contribution in [0, 0.1) is 5.82 Å². The van der Waals surface area contributed by atoms with Crippen LogP contribution in [0.3, 0.4) is 0 Å². The molecule has 1 heterocycles. The molecule has 5 rings (SSSR count). The van der Waals surface area contributed by atoms with Crippen LogP contribution in [0.15, 0.2) is 76.3 Å². The van der Waals surface area contributed by atoms with Crippen LogP contribution in [-0.4, -0.2) is 30.5 Å². The normalized spacial score (nSPS) is 12.4. The molecule has 0 bridgehead atoms. The molecular formula is C26H19AsClFN4O3. The molecule has 1 unspecified atom stereocenters. The molecule has 7 nitrogen and oxygen atoms in total. The number of aromatic amines is 1. The van der Waals surface area contributed by atoms with Crippen molar-refractivity contribution >= 4 is 64.4 Å². The molecule has 2 atom stereocenters. The molecule has 0 aliphatic heterocycles. The van der Waals surface area contributed by atoms with E-state index in [-0.39, 0.29) is 21.8 Å². The van der Waals surface area contributed by atoms with Crippen molar-refractivity contribution in [3.05, 3.63) is 109 Å². The van der Waals surface area contributed by atoms with Gasteiger partial charge in [0.05, 0.1) is 0 Å². The van der Waals surface area contributed by atoms with Gasteiger partial charge in [-0.1, -0.05) is 0 Å². The van der Waals surface area contributed by atoms with Gasteiger partial charge in [-0.05, 0) is 6.07 Å². The van der Waals surface area contributed by atoms with Crippen LogP contribution < -0.4 is 26.0 Å². The Labute approximate surface area is 216 Å². The van der Waals surface area contributed by atoms with Gasteiger partial charge in [0.2, 0.25) is 0 Å². The van der Waals surface area contributed by atoms with Crippen LogP contribution >= 0.6 is 11.6 Å². The van der Waals surface area contributed by atoms with E-state index in [0.717, 1.165) is 10.9 Å². The Hall–Kier alpha value is -3.74. The van der Waals surface area contributed by atoms with E-state index in [9.17, 15) is 18.8 Å². The van der Waals surface area contributed by atoms with Gasteiger partial charge in [-0.25, -0.2) is 4.39 Å². The maximum absolute atomic E-state index is 13.6. The van der Waals surface area contributed by atoms with Gasteiger partial charge in [0.15, 0.2) is 0 Å². The summed E-state index contributed by atoms with van der Waals surface area (Å²) in [6, 6.07) is 17.8. The number of benzene rings is 3. The number of nitrogens with zero attached hydrogens (tertiary/aromatic N) is 1. The summed E-state index contributed by atoms with van der Waals surface area (Å²) < 4.78 is 14.2. The Morgan fingerprint density at radius 2 is 1.81 bits per heavy atom. The average molecular weight is 565 g/mol. The Bertz CT molecular complexity index is 1690. The number of aromatic nitrogens is 2. The van der Waals surface area contributed by atoms with Crippen molar-refractivity contribution in [3.8, 4) is 0 Å². The predicted octanol–water partition coefficient (Wildman–Crippen LogP) is 3.77. The average Bonchev–Trinajstić information content (AvgIpc) is 3.27. The monoisotopic (exact) mass is 564 g/mol. The summed E-state index contributed by atoms with van der Waals surface area (Å²) in [5.41, 5.74) is 1.52. The second kappa shape index (κ2) is 9.72. The third-order valence-corrected chi connectivity index (χ3v) is 8.38. The molecule has 0 spiro atoms. The summed E-state index contributed by atoms with van der Waals surface area (Å²) >= 11 is 4.73. The molecule has 10 heteroatoms. The standard InChI is InChI=1S/C26H19AsClFN4O3/c1-13(14-4-3-7-17(29)11-14)30-21-22(24(35)23(21)34)31-18-8-9-20-19(12-18)25(33-32-20)27-26(36)15-5-2-6-16(28)10-15/h2-13,27,30-31H,1H3,(H,32,33)/t13-/m1/s1. The summed E-state index contributed by atoms with van der Waals surface area (Å²) in [5, 5.41) is 14.6. The number of H-pyrrole nitrogens is 1. The molecule has 0 aliphatic rings. The van der Waals surface area contributed by atoms with Gasteiger partial charge in [0.1, 0.15) is 0 Å². The molecule has 5 aromatic rings. The SMILES string of the molecule is C[C@@H](Nc1c(Nc2ccc3[nH]nc([AsH]C(=O)c4cccc(Cl)c4)c3c2)c(=O)c1=O)c1cccc(F)c1. The number of fused-ring (bicyclic) bond motifs is 1. The van der Waals surface area contributed by atoms with E-state index in [0.29, 0.717) is 26.3 Å². The molecule has 180 valence electrons. The van der Waals surface area contributed by atoms with Gasteiger partial charge in [0.25, 0.3) is 0 Å². The molecule has 3 N–H and O–H groups in total. The molecule has 0 saturated heterocycles. The summed E-state index contributed by atoms with van der Waals surface area (Å²) in [6.45, 7) is 1.78. The number of nitrogens with one attached hydrogen (secondary N) is 3. The number of hydrogen-bond acceptors (Lipinski definition) is 6. The molecule has 0 amide bonds. The number of anilines is 3. The fraction of sp³-hybridized carbons (Fsp3) is 0.0769. The first-order valence-electron chi connectivity index (χ1n) is 11.0. The van der Waals surface area contributed by atoms with Crippen LogP contribution in [0.1, 0.15) is 28.9 Å². The number of rotatable bonds is 8. The van der Waals surface area contributed by atoms with Gasteiger partial charge >= 0.3 is 206 Å². The zero-order valence-corrected chi connectivity index (χ0v) is 21.7. The maximum atomic E-state index is 13.6. The Morgan fingerprint density at radius 3 is 2.58 bits per heavy atom. The van der Waals surface area contributed by atoms with Crippen molar-refractivity contribution in [2.24, 2.45) is 0 Å². The summed E-state index contributed by atoms with van der Waals surface area (Å²) in [7, 11) is 0. The van der Waals surface area contributed by atoms with Gasteiger partial charge in [-0.2, -0.15) is 0 Å². The van der Waals surface area contributed by atoms with Gasteiger partial charge in [-0.3, -0.25) is 0 Å². The molecule has 4 aromatic carbocycles. The molecule has 0 fully saturated rings. The Balaban J connectivity index is 1.38. The van der Waals surface area contributed by atoms with Crippen molar-refractivity contribution in [1.82, 2.24) is 10.2 Å². The van der Waals surface area contributed by atoms with E-state index in [4.69, 9.17) is 11.6 Å². The van der Waals surface area contributed by atoms with Crippen molar-refractivity contribution in [2.75, 3.05) is 10.6 Å². The zero-order valence-electron chi connectivity index (χ0n) is 18.9. The second-order valence-corrected chi connectivity index (χ2v) is 11.2. The first kappa shape index (κ1) is 24.0. The number of hydrogen-bond donors (Lipinski definition) is 3. The van der Waals surface area contributed by atoms with Crippen LogP contribution in [0.25, 0.3) is 10.9 Å². The van der Waals surface area contributed by atoms with Crippen molar-refractivity contribution < 1.29 is 9.18 Å². The van der Waals surface area contributed by atoms with E-state index in [1.807, 2.05) is 0 Å². The van der Waals surface area contributed by atoms with Crippen LogP contribution in [0.5, 0.6) is 0 Å². The minimum absolute atomic E-state index is 0.00967. The fourth-order valence-corrected chi connectivity index (χ4v) is 6.09. The van der Waals surface area contributed by atoms with Crippen molar-refractivity contribution in [1.29, 1.82) is 0 Å². The van der Waals surface area contributed by atoms with Crippen LogP contribution in [0.2, 0.25) is 5.02 Å². The number of halogens is 2. The van der Waals surface area contributed by atoms with Gasteiger partial charge < -0.3 is 0 Å². The van der Waals surface area contributed by atoms with E-state index in [1.165, 1.54) is 12.1 Å². The zero-order chi connectivity index (χ0) is 25.4. The van der Waals surface area contributed by atoms with E-state index >= 15 is 0 Å². The third kappa shape index (κ3) is 4.70. The Kier molecular flexibility index (Phi) is 6.47. The third-order valence-electron chi connectivity index (χ3n) is 5.77. The van der Waals surface area contributed by atoms with Crippen molar-refractivity contribution in [3.63, 3.8) is 0 Å². The van der Waals surface area contributed by atoms with Gasteiger partial charge in [-0.15, -0.1) is 0 Å². The molecular weight excluding hydrogens is 546 g/mol. The van der Waals surface area contributed by atoms with Crippen LogP contribution in [-0.2, 0) is 0 Å². The summed E-state index contributed by atoms with van der Waals surface area (Å²) in [5.74, 6) is -0.384. The minimum atomic E-state index is -1.29. The summed E-state index contributed by atoms with van der Waals surface area (Å²) in [4.78, 5) is 37.4. The van der Waals surface area contributed by atoms with E-state index in [1.54, 1.807) is 61.5 Å². The van der Waals surface area contributed by atoms with Crippen LogP contribution in [0.4, 0.5) is 21.5 Å². The second-order valence-electron chi connectivity index (χ2n) is 8.25. The number of carbonyl (C=O) groups is 1.